The average Bonchev–Trinajstić information content (AvgIpc) is 2.70. The third-order valence-electron chi connectivity index (χ3n) is 4.37. The standard InChI is InChI=1S/C21H29N3O3.HI/c1-14-7-9-16(10-8-14)15(2)13-23-21(22-3)24-17-11-18(25-4)20(27-6)19(12-17)26-5;/h7-12,15H,13H2,1-6H3,(H2,22,23,24);1H. The average molecular weight is 499 g/mol. The van der Waals surface area contributed by atoms with Crippen LogP contribution in [0.3, 0.4) is 0 Å². The van der Waals surface area contributed by atoms with E-state index < -0.39 is 0 Å². The molecule has 1 unspecified atom stereocenters. The molecular formula is C21H30IN3O3. The molecule has 0 aliphatic rings. The van der Waals surface area contributed by atoms with Gasteiger partial charge in [-0.3, -0.25) is 4.99 Å². The zero-order chi connectivity index (χ0) is 19.8. The molecule has 7 heteroatoms. The Kier molecular flexibility index (Phi) is 9.92. The van der Waals surface area contributed by atoms with Crippen LogP contribution in [0.4, 0.5) is 5.69 Å². The SMILES string of the molecule is CN=C(NCC(C)c1ccc(C)cc1)Nc1cc(OC)c(OC)c(OC)c1.I. The fraction of sp³-hybridized carbons (Fsp3) is 0.381. The van der Waals surface area contributed by atoms with Crippen LogP contribution in [0, 0.1) is 6.92 Å². The molecule has 0 radical (unpaired) electrons. The Morgan fingerprint density at radius 2 is 1.57 bits per heavy atom. The van der Waals surface area contributed by atoms with E-state index in [0.29, 0.717) is 29.1 Å². The fourth-order valence-corrected chi connectivity index (χ4v) is 2.73. The molecule has 0 saturated heterocycles. The smallest absolute Gasteiger partial charge is 0.203 e. The van der Waals surface area contributed by atoms with E-state index in [1.165, 1.54) is 11.1 Å². The monoisotopic (exact) mass is 499 g/mol. The van der Waals surface area contributed by atoms with Gasteiger partial charge in [0.05, 0.1) is 21.3 Å². The lowest BCUT2D eigenvalue weighted by Gasteiger charge is -2.18. The summed E-state index contributed by atoms with van der Waals surface area (Å²) in [5, 5.41) is 6.63. The molecule has 0 heterocycles. The highest BCUT2D eigenvalue weighted by Crippen LogP contribution is 2.39. The van der Waals surface area contributed by atoms with Crippen molar-refractivity contribution in [2.24, 2.45) is 4.99 Å². The molecular weight excluding hydrogens is 469 g/mol. The van der Waals surface area contributed by atoms with E-state index in [4.69, 9.17) is 14.2 Å². The molecule has 1 atom stereocenters. The van der Waals surface area contributed by atoms with E-state index >= 15 is 0 Å². The van der Waals surface area contributed by atoms with Gasteiger partial charge in [0.1, 0.15) is 0 Å². The van der Waals surface area contributed by atoms with Gasteiger partial charge >= 0.3 is 0 Å². The van der Waals surface area contributed by atoms with Crippen molar-refractivity contribution in [3.05, 3.63) is 47.5 Å². The van der Waals surface area contributed by atoms with Gasteiger partial charge in [0.2, 0.25) is 5.75 Å². The topological polar surface area (TPSA) is 64.1 Å². The second-order valence-corrected chi connectivity index (χ2v) is 6.30. The van der Waals surface area contributed by atoms with Gasteiger partial charge < -0.3 is 24.8 Å². The summed E-state index contributed by atoms with van der Waals surface area (Å²) in [7, 11) is 6.51. The van der Waals surface area contributed by atoms with Crippen molar-refractivity contribution in [2.75, 3.05) is 40.2 Å². The molecule has 154 valence electrons. The molecule has 0 spiro atoms. The Morgan fingerprint density at radius 1 is 1.00 bits per heavy atom. The molecule has 0 fully saturated rings. The van der Waals surface area contributed by atoms with Crippen molar-refractivity contribution in [3.8, 4) is 17.2 Å². The van der Waals surface area contributed by atoms with Crippen molar-refractivity contribution in [1.82, 2.24) is 5.32 Å². The Labute approximate surface area is 184 Å². The second-order valence-electron chi connectivity index (χ2n) is 6.30. The number of hydrogen-bond donors (Lipinski definition) is 2. The molecule has 2 aromatic rings. The Bertz CT molecular complexity index is 754. The number of nitrogens with zero attached hydrogens (tertiary/aromatic N) is 1. The zero-order valence-electron chi connectivity index (χ0n) is 17.3. The first-order chi connectivity index (χ1) is 13.0. The van der Waals surface area contributed by atoms with Crippen molar-refractivity contribution in [3.63, 3.8) is 0 Å². The summed E-state index contributed by atoms with van der Waals surface area (Å²) in [6, 6.07) is 12.3. The van der Waals surface area contributed by atoms with Gasteiger partial charge in [0, 0.05) is 31.4 Å². The van der Waals surface area contributed by atoms with E-state index in [-0.39, 0.29) is 24.0 Å². The predicted molar refractivity (Wildman–Crippen MR) is 126 cm³/mol. The summed E-state index contributed by atoms with van der Waals surface area (Å²) in [4.78, 5) is 4.30. The molecule has 0 aliphatic heterocycles. The number of methoxy groups -OCH3 is 3. The van der Waals surface area contributed by atoms with Crippen molar-refractivity contribution >= 4 is 35.6 Å². The Morgan fingerprint density at radius 3 is 2.04 bits per heavy atom. The van der Waals surface area contributed by atoms with Gasteiger partial charge in [-0.05, 0) is 18.4 Å². The van der Waals surface area contributed by atoms with Crippen molar-refractivity contribution in [2.45, 2.75) is 19.8 Å². The van der Waals surface area contributed by atoms with Gasteiger partial charge in [-0.15, -0.1) is 24.0 Å². The highest BCUT2D eigenvalue weighted by molar-refractivity contribution is 14.0. The first-order valence-corrected chi connectivity index (χ1v) is 8.86. The van der Waals surface area contributed by atoms with E-state index in [2.05, 4.69) is 53.7 Å². The van der Waals surface area contributed by atoms with Crippen molar-refractivity contribution < 1.29 is 14.2 Å². The number of benzene rings is 2. The maximum absolute atomic E-state index is 5.39. The first-order valence-electron chi connectivity index (χ1n) is 8.86. The third kappa shape index (κ3) is 6.19. The van der Waals surface area contributed by atoms with Crippen LogP contribution < -0.4 is 24.8 Å². The van der Waals surface area contributed by atoms with Crippen LogP contribution in [0.25, 0.3) is 0 Å². The molecule has 2 aromatic carbocycles. The number of anilines is 1. The molecule has 0 aliphatic carbocycles. The van der Waals surface area contributed by atoms with E-state index in [1.807, 2.05) is 12.1 Å². The van der Waals surface area contributed by atoms with Crippen LogP contribution in [-0.2, 0) is 0 Å². The number of halogens is 1. The van der Waals surface area contributed by atoms with Gasteiger partial charge in [0.25, 0.3) is 0 Å². The molecule has 2 rings (SSSR count). The molecule has 28 heavy (non-hydrogen) atoms. The lowest BCUT2D eigenvalue weighted by Crippen LogP contribution is -2.33. The summed E-state index contributed by atoms with van der Waals surface area (Å²) in [6.07, 6.45) is 0. The van der Waals surface area contributed by atoms with E-state index in [0.717, 1.165) is 12.2 Å². The lowest BCUT2D eigenvalue weighted by molar-refractivity contribution is 0.324. The molecule has 6 nitrogen and oxygen atoms in total. The summed E-state index contributed by atoms with van der Waals surface area (Å²) in [5.41, 5.74) is 3.34. The van der Waals surface area contributed by atoms with Crippen LogP contribution >= 0.6 is 24.0 Å². The summed E-state index contributed by atoms with van der Waals surface area (Å²) < 4.78 is 16.1. The summed E-state index contributed by atoms with van der Waals surface area (Å²) >= 11 is 0. The molecule has 0 amide bonds. The number of aliphatic imine (C=N–C) groups is 1. The van der Waals surface area contributed by atoms with E-state index in [1.54, 1.807) is 28.4 Å². The van der Waals surface area contributed by atoms with Crippen LogP contribution in [0.5, 0.6) is 17.2 Å². The molecule has 0 saturated carbocycles. The van der Waals surface area contributed by atoms with Gasteiger partial charge in [0.15, 0.2) is 17.5 Å². The number of aryl methyl sites for hydroxylation is 1. The highest BCUT2D eigenvalue weighted by Gasteiger charge is 2.14. The number of hydrogen-bond acceptors (Lipinski definition) is 4. The third-order valence-corrected chi connectivity index (χ3v) is 4.37. The fourth-order valence-electron chi connectivity index (χ4n) is 2.73. The highest BCUT2D eigenvalue weighted by atomic mass is 127. The number of rotatable bonds is 7. The molecule has 0 aromatic heterocycles. The second kappa shape index (κ2) is 11.6. The van der Waals surface area contributed by atoms with Crippen molar-refractivity contribution in [1.29, 1.82) is 0 Å². The van der Waals surface area contributed by atoms with Crippen LogP contribution in [0.15, 0.2) is 41.4 Å². The minimum atomic E-state index is 0. The summed E-state index contributed by atoms with van der Waals surface area (Å²) in [6.45, 7) is 5.04. The van der Waals surface area contributed by atoms with Gasteiger partial charge in [-0.2, -0.15) is 0 Å². The molecule has 2 N–H and O–H groups in total. The van der Waals surface area contributed by atoms with Crippen LogP contribution in [-0.4, -0.2) is 40.9 Å². The van der Waals surface area contributed by atoms with Gasteiger partial charge in [-0.25, -0.2) is 0 Å². The number of guanidine groups is 1. The predicted octanol–water partition coefficient (Wildman–Crippen LogP) is 4.43. The Hall–Kier alpha value is -2.16. The summed E-state index contributed by atoms with van der Waals surface area (Å²) in [5.74, 6) is 2.75. The minimum absolute atomic E-state index is 0. The van der Waals surface area contributed by atoms with Gasteiger partial charge in [-0.1, -0.05) is 36.8 Å². The quantitative estimate of drug-likeness (QED) is 0.335. The lowest BCUT2D eigenvalue weighted by atomic mass is 10.0. The zero-order valence-corrected chi connectivity index (χ0v) is 19.7. The number of ether oxygens (including phenoxy) is 3. The van der Waals surface area contributed by atoms with E-state index in [9.17, 15) is 0 Å². The maximum Gasteiger partial charge on any atom is 0.203 e. The van der Waals surface area contributed by atoms with Crippen LogP contribution in [0.1, 0.15) is 24.0 Å². The first kappa shape index (κ1) is 23.9. The largest absolute Gasteiger partial charge is 0.493 e. The van der Waals surface area contributed by atoms with Crippen LogP contribution in [0.2, 0.25) is 0 Å². The number of nitrogens with one attached hydrogen (secondary N) is 2. The Balaban J connectivity index is 0.00000392. The molecule has 0 bridgehead atoms. The maximum atomic E-state index is 5.39. The minimum Gasteiger partial charge on any atom is -0.493 e. The normalized spacial score (nSPS) is 11.9.